The van der Waals surface area contributed by atoms with Crippen LogP contribution in [0.3, 0.4) is 0 Å². The molecule has 5 nitrogen and oxygen atoms in total. The molecule has 2 atom stereocenters. The van der Waals surface area contributed by atoms with Gasteiger partial charge in [0, 0.05) is 43.2 Å². The molecular weight excluding hydrogens is 330 g/mol. The topological polar surface area (TPSA) is 52.6 Å². The van der Waals surface area contributed by atoms with Gasteiger partial charge >= 0.3 is 0 Å². The highest BCUT2D eigenvalue weighted by atomic mass is 32.1. The number of piperidine rings is 1. The van der Waals surface area contributed by atoms with Crippen molar-refractivity contribution in [2.45, 2.75) is 59.4 Å². The molecule has 2 N–H and O–H groups in total. The first kappa shape index (κ1) is 20.2. The van der Waals surface area contributed by atoms with E-state index < -0.39 is 0 Å². The molecule has 1 aromatic heterocycles. The lowest BCUT2D eigenvalue weighted by Gasteiger charge is -2.35. The molecule has 1 aliphatic rings. The SMILES string of the molecule is CCNC(=NCC(C)N1CCCC(C)C1)NCCc1ncc(CC)s1. The summed E-state index contributed by atoms with van der Waals surface area (Å²) in [5, 5.41) is 8.01. The molecule has 1 fully saturated rings. The Balaban J connectivity index is 1.78. The zero-order chi connectivity index (χ0) is 18.1. The Morgan fingerprint density at radius 1 is 1.44 bits per heavy atom. The third-order valence-electron chi connectivity index (χ3n) is 4.75. The Morgan fingerprint density at radius 2 is 2.28 bits per heavy atom. The molecule has 6 heteroatoms. The predicted molar refractivity (Wildman–Crippen MR) is 109 cm³/mol. The first-order chi connectivity index (χ1) is 12.1. The van der Waals surface area contributed by atoms with E-state index in [1.165, 1.54) is 35.8 Å². The first-order valence-corrected chi connectivity index (χ1v) is 10.6. The quantitative estimate of drug-likeness (QED) is 0.549. The molecule has 0 radical (unpaired) electrons. The van der Waals surface area contributed by atoms with Crippen LogP contribution in [0.1, 0.15) is 50.4 Å². The average molecular weight is 366 g/mol. The maximum absolute atomic E-state index is 4.80. The van der Waals surface area contributed by atoms with E-state index in [0.717, 1.165) is 44.4 Å². The normalized spacial score (nSPS) is 20.5. The van der Waals surface area contributed by atoms with Crippen LogP contribution in [-0.2, 0) is 12.8 Å². The Morgan fingerprint density at radius 3 is 2.96 bits per heavy atom. The number of thiazole rings is 1. The number of hydrogen-bond donors (Lipinski definition) is 2. The molecule has 1 saturated heterocycles. The number of likely N-dealkylation sites (tertiary alicyclic amines) is 1. The molecule has 0 aromatic carbocycles. The Bertz CT molecular complexity index is 528. The van der Waals surface area contributed by atoms with Crippen molar-refractivity contribution in [3.63, 3.8) is 0 Å². The van der Waals surface area contributed by atoms with Crippen molar-refractivity contribution >= 4 is 17.3 Å². The highest BCUT2D eigenvalue weighted by Gasteiger charge is 2.20. The van der Waals surface area contributed by atoms with Crippen molar-refractivity contribution < 1.29 is 0 Å². The molecule has 2 unspecified atom stereocenters. The van der Waals surface area contributed by atoms with Gasteiger partial charge in [-0.1, -0.05) is 13.8 Å². The summed E-state index contributed by atoms with van der Waals surface area (Å²) in [6, 6.07) is 0.504. The second kappa shape index (κ2) is 10.8. The molecule has 0 aliphatic carbocycles. The lowest BCUT2D eigenvalue weighted by atomic mass is 9.99. The molecule has 0 saturated carbocycles. The molecule has 142 valence electrons. The van der Waals surface area contributed by atoms with Gasteiger partial charge in [0.2, 0.25) is 0 Å². The standard InChI is InChI=1S/C19H35N5S/c1-5-17-13-22-18(25-17)9-10-21-19(20-6-2)23-12-16(4)24-11-7-8-15(3)14-24/h13,15-16H,5-12,14H2,1-4H3,(H2,20,21,23). The number of nitrogens with zero attached hydrogens (tertiary/aromatic N) is 3. The summed E-state index contributed by atoms with van der Waals surface area (Å²) < 4.78 is 0. The second-order valence-electron chi connectivity index (χ2n) is 7.06. The van der Waals surface area contributed by atoms with Crippen molar-refractivity contribution in [3.05, 3.63) is 16.1 Å². The second-order valence-corrected chi connectivity index (χ2v) is 8.26. The fourth-order valence-electron chi connectivity index (χ4n) is 3.22. The van der Waals surface area contributed by atoms with Crippen LogP contribution < -0.4 is 10.6 Å². The van der Waals surface area contributed by atoms with Gasteiger partial charge in [-0.05, 0) is 45.6 Å². The van der Waals surface area contributed by atoms with Crippen LogP contribution in [0.15, 0.2) is 11.2 Å². The van der Waals surface area contributed by atoms with Crippen LogP contribution >= 0.6 is 11.3 Å². The highest BCUT2D eigenvalue weighted by molar-refractivity contribution is 7.11. The van der Waals surface area contributed by atoms with E-state index >= 15 is 0 Å². The molecule has 0 amide bonds. The third kappa shape index (κ3) is 6.94. The molecule has 2 rings (SSSR count). The van der Waals surface area contributed by atoms with Gasteiger partial charge in [-0.25, -0.2) is 4.98 Å². The molecule has 0 bridgehead atoms. The predicted octanol–water partition coefficient (Wildman–Crippen LogP) is 2.92. The number of hydrogen-bond acceptors (Lipinski definition) is 4. The maximum Gasteiger partial charge on any atom is 0.191 e. The van der Waals surface area contributed by atoms with E-state index in [-0.39, 0.29) is 0 Å². The summed E-state index contributed by atoms with van der Waals surface area (Å²) in [5.41, 5.74) is 0. The van der Waals surface area contributed by atoms with Gasteiger partial charge in [-0.3, -0.25) is 9.89 Å². The van der Waals surface area contributed by atoms with E-state index in [4.69, 9.17) is 4.99 Å². The van der Waals surface area contributed by atoms with Gasteiger partial charge < -0.3 is 10.6 Å². The molecule has 25 heavy (non-hydrogen) atoms. The van der Waals surface area contributed by atoms with Crippen molar-refractivity contribution in [2.24, 2.45) is 10.9 Å². The van der Waals surface area contributed by atoms with Crippen molar-refractivity contribution in [1.29, 1.82) is 0 Å². The van der Waals surface area contributed by atoms with Crippen molar-refractivity contribution in [3.8, 4) is 0 Å². The largest absolute Gasteiger partial charge is 0.357 e. The van der Waals surface area contributed by atoms with Gasteiger partial charge in [0.15, 0.2) is 5.96 Å². The Kier molecular flexibility index (Phi) is 8.68. The number of aromatic nitrogens is 1. The molecule has 1 aliphatic heterocycles. The summed E-state index contributed by atoms with van der Waals surface area (Å²) in [6.45, 7) is 14.0. The van der Waals surface area contributed by atoms with E-state index in [1.807, 2.05) is 17.5 Å². The lowest BCUT2D eigenvalue weighted by Crippen LogP contribution is -2.43. The molecule has 1 aromatic rings. The van der Waals surface area contributed by atoms with E-state index in [0.29, 0.717) is 6.04 Å². The first-order valence-electron chi connectivity index (χ1n) is 9.82. The summed E-state index contributed by atoms with van der Waals surface area (Å²) in [5.74, 6) is 1.74. The van der Waals surface area contributed by atoms with Gasteiger partial charge in [0.1, 0.15) is 0 Å². The van der Waals surface area contributed by atoms with Crippen LogP contribution in [0.25, 0.3) is 0 Å². The number of nitrogens with one attached hydrogen (secondary N) is 2. The summed E-state index contributed by atoms with van der Waals surface area (Å²) in [6.07, 6.45) is 6.71. The number of guanidine groups is 1. The van der Waals surface area contributed by atoms with Crippen LogP contribution in [-0.4, -0.2) is 54.6 Å². The van der Waals surface area contributed by atoms with Crippen molar-refractivity contribution in [2.75, 3.05) is 32.7 Å². The molecule has 0 spiro atoms. The van der Waals surface area contributed by atoms with Crippen LogP contribution in [0.2, 0.25) is 0 Å². The number of rotatable bonds is 8. The Hall–Kier alpha value is -1.14. The van der Waals surface area contributed by atoms with Gasteiger partial charge in [-0.15, -0.1) is 11.3 Å². The van der Waals surface area contributed by atoms with Crippen LogP contribution in [0.4, 0.5) is 0 Å². The van der Waals surface area contributed by atoms with Gasteiger partial charge in [0.05, 0.1) is 11.6 Å². The van der Waals surface area contributed by atoms with Gasteiger partial charge in [-0.2, -0.15) is 0 Å². The number of aliphatic imine (C=N–C) groups is 1. The van der Waals surface area contributed by atoms with Gasteiger partial charge in [0.25, 0.3) is 0 Å². The molecular formula is C19H35N5S. The van der Waals surface area contributed by atoms with Crippen LogP contribution in [0, 0.1) is 5.92 Å². The summed E-state index contributed by atoms with van der Waals surface area (Å²) in [7, 11) is 0. The third-order valence-corrected chi connectivity index (χ3v) is 5.95. The fourth-order valence-corrected chi connectivity index (χ4v) is 4.08. The minimum absolute atomic E-state index is 0.504. The smallest absolute Gasteiger partial charge is 0.191 e. The van der Waals surface area contributed by atoms with Crippen molar-refractivity contribution in [1.82, 2.24) is 20.5 Å². The van der Waals surface area contributed by atoms with E-state index in [2.05, 4.69) is 48.2 Å². The minimum atomic E-state index is 0.504. The average Bonchev–Trinajstić information content (AvgIpc) is 3.07. The summed E-state index contributed by atoms with van der Waals surface area (Å²) >= 11 is 1.82. The summed E-state index contributed by atoms with van der Waals surface area (Å²) in [4.78, 5) is 13.2. The minimum Gasteiger partial charge on any atom is -0.357 e. The van der Waals surface area contributed by atoms with E-state index in [9.17, 15) is 0 Å². The fraction of sp³-hybridized carbons (Fsp3) is 0.789. The molecule has 2 heterocycles. The monoisotopic (exact) mass is 365 g/mol. The van der Waals surface area contributed by atoms with E-state index in [1.54, 1.807) is 0 Å². The zero-order valence-corrected chi connectivity index (χ0v) is 17.2. The zero-order valence-electron chi connectivity index (χ0n) is 16.3. The highest BCUT2D eigenvalue weighted by Crippen LogP contribution is 2.17. The maximum atomic E-state index is 4.80. The Labute approximate surface area is 157 Å². The number of aryl methyl sites for hydroxylation is 1. The lowest BCUT2D eigenvalue weighted by molar-refractivity contribution is 0.142. The van der Waals surface area contributed by atoms with Crippen LogP contribution in [0.5, 0.6) is 0 Å².